The standard InChI is InChI=1S/C18H21ClN2O3S/c1-10-12(3)25-17(16(10)18(23)24-4)21-15(22)9-20-11(2)13-7-5-6-8-14(13)19/h5-8,11,20H,9H2,1-4H3,(H,21,22)/t11-/m1/s1. The Morgan fingerprint density at radius 3 is 2.60 bits per heavy atom. The number of carbonyl (C=O) groups excluding carboxylic acids is 2. The molecule has 0 saturated heterocycles. The van der Waals surface area contributed by atoms with Crippen molar-refractivity contribution in [2.75, 3.05) is 19.0 Å². The van der Waals surface area contributed by atoms with E-state index < -0.39 is 5.97 Å². The summed E-state index contributed by atoms with van der Waals surface area (Å²) < 4.78 is 4.81. The number of carbonyl (C=O) groups is 2. The molecule has 0 saturated carbocycles. The molecule has 0 aliphatic carbocycles. The van der Waals surface area contributed by atoms with E-state index in [1.807, 2.05) is 45.0 Å². The molecule has 1 aromatic heterocycles. The van der Waals surface area contributed by atoms with Crippen molar-refractivity contribution in [3.63, 3.8) is 0 Å². The second kappa shape index (κ2) is 8.47. The van der Waals surface area contributed by atoms with E-state index in [4.69, 9.17) is 16.3 Å². The van der Waals surface area contributed by atoms with E-state index in [0.29, 0.717) is 15.6 Å². The Labute approximate surface area is 156 Å². The van der Waals surface area contributed by atoms with E-state index in [9.17, 15) is 9.59 Å². The van der Waals surface area contributed by atoms with Crippen LogP contribution < -0.4 is 10.6 Å². The van der Waals surface area contributed by atoms with Gasteiger partial charge in [-0.15, -0.1) is 11.3 Å². The second-order valence-corrected chi connectivity index (χ2v) is 7.28. The molecule has 2 rings (SSSR count). The minimum Gasteiger partial charge on any atom is -0.465 e. The molecule has 0 bridgehead atoms. The molecule has 0 unspecified atom stereocenters. The number of nitrogens with one attached hydrogen (secondary N) is 2. The molecule has 0 aliphatic rings. The average molecular weight is 381 g/mol. The zero-order valence-corrected chi connectivity index (χ0v) is 16.2. The molecule has 134 valence electrons. The van der Waals surface area contributed by atoms with Gasteiger partial charge in [-0.05, 0) is 38.0 Å². The van der Waals surface area contributed by atoms with Gasteiger partial charge in [-0.3, -0.25) is 4.79 Å². The van der Waals surface area contributed by atoms with Crippen molar-refractivity contribution >= 4 is 39.8 Å². The van der Waals surface area contributed by atoms with Crippen LogP contribution in [-0.2, 0) is 9.53 Å². The van der Waals surface area contributed by atoms with E-state index in [2.05, 4.69) is 10.6 Å². The summed E-state index contributed by atoms with van der Waals surface area (Å²) in [6, 6.07) is 7.42. The molecule has 1 heterocycles. The molecule has 0 aliphatic heterocycles. The molecule has 2 aromatic rings. The van der Waals surface area contributed by atoms with Crippen molar-refractivity contribution in [3.8, 4) is 0 Å². The van der Waals surface area contributed by atoms with E-state index >= 15 is 0 Å². The van der Waals surface area contributed by atoms with Gasteiger partial charge in [0.15, 0.2) is 0 Å². The fraction of sp³-hybridized carbons (Fsp3) is 0.333. The van der Waals surface area contributed by atoms with Crippen LogP contribution in [0.25, 0.3) is 0 Å². The third-order valence-electron chi connectivity index (χ3n) is 3.97. The molecule has 5 nitrogen and oxygen atoms in total. The number of thiophene rings is 1. The SMILES string of the molecule is COC(=O)c1c(NC(=O)CN[C@H](C)c2ccccc2Cl)sc(C)c1C. The van der Waals surface area contributed by atoms with Gasteiger partial charge in [-0.2, -0.15) is 0 Å². The van der Waals surface area contributed by atoms with Crippen molar-refractivity contribution in [2.45, 2.75) is 26.8 Å². The van der Waals surface area contributed by atoms with E-state index in [1.54, 1.807) is 0 Å². The number of halogens is 1. The summed E-state index contributed by atoms with van der Waals surface area (Å²) in [6.45, 7) is 5.78. The number of hydrogen-bond acceptors (Lipinski definition) is 5. The number of rotatable bonds is 6. The first-order chi connectivity index (χ1) is 11.8. The molecule has 0 radical (unpaired) electrons. The summed E-state index contributed by atoms with van der Waals surface area (Å²) in [6.07, 6.45) is 0. The molecule has 1 atom stereocenters. The first kappa shape index (κ1) is 19.4. The maximum Gasteiger partial charge on any atom is 0.341 e. The summed E-state index contributed by atoms with van der Waals surface area (Å²) in [5.74, 6) is -0.681. The number of esters is 1. The Morgan fingerprint density at radius 1 is 1.28 bits per heavy atom. The lowest BCUT2D eigenvalue weighted by molar-refractivity contribution is -0.115. The van der Waals surface area contributed by atoms with Crippen LogP contribution in [0, 0.1) is 13.8 Å². The Balaban J connectivity index is 2.03. The highest BCUT2D eigenvalue weighted by molar-refractivity contribution is 7.16. The van der Waals surface area contributed by atoms with Crippen molar-refractivity contribution in [2.24, 2.45) is 0 Å². The highest BCUT2D eigenvalue weighted by atomic mass is 35.5. The van der Waals surface area contributed by atoms with Gasteiger partial charge in [0.25, 0.3) is 0 Å². The molecular weight excluding hydrogens is 360 g/mol. The molecule has 25 heavy (non-hydrogen) atoms. The van der Waals surface area contributed by atoms with Crippen molar-refractivity contribution in [1.29, 1.82) is 0 Å². The predicted molar refractivity (Wildman–Crippen MR) is 102 cm³/mol. The second-order valence-electron chi connectivity index (χ2n) is 5.65. The Bertz CT molecular complexity index is 789. The fourth-order valence-corrected chi connectivity index (χ4v) is 3.78. The quantitative estimate of drug-likeness (QED) is 0.740. The Morgan fingerprint density at radius 2 is 1.96 bits per heavy atom. The highest BCUT2D eigenvalue weighted by Gasteiger charge is 2.21. The number of amides is 1. The van der Waals surface area contributed by atoms with Crippen LogP contribution in [0.4, 0.5) is 5.00 Å². The number of ether oxygens (including phenoxy) is 1. The molecule has 1 aromatic carbocycles. The maximum atomic E-state index is 12.3. The first-order valence-corrected chi connectivity index (χ1v) is 9.00. The smallest absolute Gasteiger partial charge is 0.341 e. The average Bonchev–Trinajstić information content (AvgIpc) is 2.86. The molecule has 0 fully saturated rings. The zero-order valence-electron chi connectivity index (χ0n) is 14.6. The Hall–Kier alpha value is -1.89. The largest absolute Gasteiger partial charge is 0.465 e. The van der Waals surface area contributed by atoms with Gasteiger partial charge < -0.3 is 15.4 Å². The molecule has 1 amide bonds. The van der Waals surface area contributed by atoms with Gasteiger partial charge in [0.1, 0.15) is 5.00 Å². The van der Waals surface area contributed by atoms with Gasteiger partial charge in [0.05, 0.1) is 19.2 Å². The van der Waals surface area contributed by atoms with Gasteiger partial charge in [0.2, 0.25) is 5.91 Å². The number of hydrogen-bond donors (Lipinski definition) is 2. The Kier molecular flexibility index (Phi) is 6.58. The highest BCUT2D eigenvalue weighted by Crippen LogP contribution is 2.32. The molecule has 2 N–H and O–H groups in total. The van der Waals surface area contributed by atoms with Gasteiger partial charge in [0, 0.05) is 15.9 Å². The summed E-state index contributed by atoms with van der Waals surface area (Å²) in [7, 11) is 1.33. The minimum atomic E-state index is -0.449. The lowest BCUT2D eigenvalue weighted by atomic mass is 10.1. The number of benzene rings is 1. The summed E-state index contributed by atoms with van der Waals surface area (Å²) in [5.41, 5.74) is 2.16. The summed E-state index contributed by atoms with van der Waals surface area (Å²) in [5, 5.41) is 7.09. The van der Waals surface area contributed by atoms with Crippen LogP contribution in [0.5, 0.6) is 0 Å². The lowest BCUT2D eigenvalue weighted by Gasteiger charge is -2.15. The summed E-state index contributed by atoms with van der Waals surface area (Å²) >= 11 is 7.53. The zero-order chi connectivity index (χ0) is 18.6. The maximum absolute atomic E-state index is 12.3. The van der Waals surface area contributed by atoms with E-state index in [-0.39, 0.29) is 18.5 Å². The van der Waals surface area contributed by atoms with Crippen LogP contribution in [0.1, 0.15) is 39.3 Å². The van der Waals surface area contributed by atoms with Gasteiger partial charge in [-0.25, -0.2) is 4.79 Å². The van der Waals surface area contributed by atoms with Crippen LogP contribution in [0.2, 0.25) is 5.02 Å². The first-order valence-electron chi connectivity index (χ1n) is 7.81. The van der Waals surface area contributed by atoms with Crippen molar-refractivity contribution < 1.29 is 14.3 Å². The van der Waals surface area contributed by atoms with Crippen molar-refractivity contribution in [1.82, 2.24) is 5.32 Å². The minimum absolute atomic E-state index is 0.0775. The lowest BCUT2D eigenvalue weighted by Crippen LogP contribution is -2.30. The number of methoxy groups -OCH3 is 1. The number of anilines is 1. The van der Waals surface area contributed by atoms with Crippen molar-refractivity contribution in [3.05, 3.63) is 50.9 Å². The van der Waals surface area contributed by atoms with Gasteiger partial charge in [-0.1, -0.05) is 29.8 Å². The molecule has 7 heteroatoms. The topological polar surface area (TPSA) is 67.4 Å². The van der Waals surface area contributed by atoms with E-state index in [0.717, 1.165) is 16.0 Å². The molecular formula is C18H21ClN2O3S. The molecule has 0 spiro atoms. The predicted octanol–water partition coefficient (Wildman–Crippen LogP) is 4.09. The number of aryl methyl sites for hydroxylation is 1. The van der Waals surface area contributed by atoms with E-state index in [1.165, 1.54) is 18.4 Å². The third kappa shape index (κ3) is 4.60. The van der Waals surface area contributed by atoms with Crippen LogP contribution in [-0.4, -0.2) is 25.5 Å². The monoisotopic (exact) mass is 380 g/mol. The fourth-order valence-electron chi connectivity index (χ4n) is 2.42. The van der Waals surface area contributed by atoms with Crippen LogP contribution >= 0.6 is 22.9 Å². The third-order valence-corrected chi connectivity index (χ3v) is 5.44. The summed E-state index contributed by atoms with van der Waals surface area (Å²) in [4.78, 5) is 25.2. The van der Waals surface area contributed by atoms with Crippen LogP contribution in [0.15, 0.2) is 24.3 Å². The van der Waals surface area contributed by atoms with Crippen LogP contribution in [0.3, 0.4) is 0 Å². The normalized spacial score (nSPS) is 11.9. The van der Waals surface area contributed by atoms with Gasteiger partial charge >= 0.3 is 5.97 Å².